The zero-order chi connectivity index (χ0) is 27.4. The largest absolute Gasteiger partial charge is 0.327 e. The van der Waals surface area contributed by atoms with Crippen LogP contribution >= 0.6 is 0 Å². The van der Waals surface area contributed by atoms with Gasteiger partial charge in [0.2, 0.25) is 0 Å². The number of aryl methyl sites for hydroxylation is 1. The third-order valence-electron chi connectivity index (χ3n) is 6.95. The minimum Gasteiger partial charge on any atom is -0.327 e. The molecule has 192 valence electrons. The fourth-order valence-corrected chi connectivity index (χ4v) is 5.04. The summed E-state index contributed by atoms with van der Waals surface area (Å²) in [6, 6.07) is 24.9. The Morgan fingerprint density at radius 1 is 1.08 bits per heavy atom. The van der Waals surface area contributed by atoms with Crippen LogP contribution in [0.4, 0.5) is 0 Å². The summed E-state index contributed by atoms with van der Waals surface area (Å²) in [5.74, 6) is 0.585. The van der Waals surface area contributed by atoms with E-state index < -0.39 is 5.91 Å². The zero-order valence-electron chi connectivity index (χ0n) is 22.0. The molecule has 0 atom stereocenters. The van der Waals surface area contributed by atoms with E-state index in [1.54, 1.807) is 24.3 Å². The van der Waals surface area contributed by atoms with Crippen molar-refractivity contribution in [2.24, 2.45) is 4.99 Å². The van der Waals surface area contributed by atoms with Crippen molar-refractivity contribution >= 4 is 23.5 Å². The number of fused-ring (bicyclic) bond motifs is 1. The number of hydrogen-bond acceptors (Lipinski definition) is 4. The number of imidazole rings is 1. The first kappa shape index (κ1) is 25.7. The van der Waals surface area contributed by atoms with E-state index in [1.807, 2.05) is 37.3 Å². The van der Waals surface area contributed by atoms with Crippen molar-refractivity contribution in [3.8, 4) is 17.2 Å². The van der Waals surface area contributed by atoms with Crippen molar-refractivity contribution in [1.82, 2.24) is 9.55 Å². The van der Waals surface area contributed by atoms with Gasteiger partial charge in [-0.1, -0.05) is 67.6 Å². The molecule has 0 saturated carbocycles. The van der Waals surface area contributed by atoms with E-state index in [2.05, 4.69) is 46.8 Å². The van der Waals surface area contributed by atoms with Crippen molar-refractivity contribution in [2.45, 2.75) is 39.7 Å². The van der Waals surface area contributed by atoms with Crippen LogP contribution in [0.25, 0.3) is 16.7 Å². The lowest BCUT2D eigenvalue weighted by molar-refractivity contribution is 0.0995. The smallest absolute Gasteiger partial charge is 0.277 e. The zero-order valence-corrected chi connectivity index (χ0v) is 22.0. The van der Waals surface area contributed by atoms with E-state index >= 15 is 0 Å². The molecule has 4 aromatic rings. The lowest BCUT2D eigenvalue weighted by Gasteiger charge is -2.17. The van der Waals surface area contributed by atoms with Crippen molar-refractivity contribution < 1.29 is 9.59 Å². The highest BCUT2D eigenvalue weighted by Gasteiger charge is 2.24. The van der Waals surface area contributed by atoms with E-state index in [0.29, 0.717) is 41.7 Å². The van der Waals surface area contributed by atoms with Crippen LogP contribution in [0, 0.1) is 11.3 Å². The predicted molar refractivity (Wildman–Crippen MR) is 153 cm³/mol. The summed E-state index contributed by atoms with van der Waals surface area (Å²) >= 11 is 0. The van der Waals surface area contributed by atoms with Crippen LogP contribution in [-0.2, 0) is 19.4 Å². The second-order valence-corrected chi connectivity index (χ2v) is 9.63. The third-order valence-corrected chi connectivity index (χ3v) is 6.95. The monoisotopic (exact) mass is 512 g/mol. The van der Waals surface area contributed by atoms with Gasteiger partial charge in [0.05, 0.1) is 34.3 Å². The van der Waals surface area contributed by atoms with Gasteiger partial charge in [-0.25, -0.2) is 9.98 Å². The summed E-state index contributed by atoms with van der Waals surface area (Å²) in [6.45, 7) is 4.77. The first-order valence-electron chi connectivity index (χ1n) is 13.0. The standard InChI is InChI=1S/C33H28N4O2/c1-3-8-31-36-32-22(2)17-27(35-33(39)29-12-7-5-10-26(29)21-38)18-30(32)37(31)20-23-13-15-24(16-14-23)28-11-6-4-9-25(28)19-34/h4-7,9-17,21H,3,8,18,20H2,1-2H3. The number of nitrogens with zero attached hydrogens (tertiary/aromatic N) is 4. The van der Waals surface area contributed by atoms with Crippen molar-refractivity contribution in [1.29, 1.82) is 5.26 Å². The number of rotatable bonds is 7. The number of nitriles is 1. The lowest BCUT2D eigenvalue weighted by Crippen LogP contribution is -2.16. The van der Waals surface area contributed by atoms with Crippen LogP contribution in [0.5, 0.6) is 0 Å². The molecule has 0 saturated heterocycles. The molecular weight excluding hydrogens is 484 g/mol. The normalized spacial score (nSPS) is 13.5. The van der Waals surface area contributed by atoms with Crippen molar-refractivity contribution in [2.75, 3.05) is 0 Å². The van der Waals surface area contributed by atoms with Gasteiger partial charge in [-0.2, -0.15) is 5.26 Å². The van der Waals surface area contributed by atoms with Crippen LogP contribution < -0.4 is 0 Å². The van der Waals surface area contributed by atoms with Crippen molar-refractivity contribution in [3.63, 3.8) is 0 Å². The van der Waals surface area contributed by atoms with E-state index in [0.717, 1.165) is 52.3 Å². The Morgan fingerprint density at radius 3 is 2.56 bits per heavy atom. The minimum atomic E-state index is -0.423. The molecular formula is C33H28N4O2. The fourth-order valence-electron chi connectivity index (χ4n) is 5.04. The maximum absolute atomic E-state index is 13.0. The van der Waals surface area contributed by atoms with Crippen LogP contribution in [0.2, 0.25) is 0 Å². The van der Waals surface area contributed by atoms with Gasteiger partial charge in [-0.05, 0) is 53.8 Å². The number of benzene rings is 3. The molecule has 1 heterocycles. The average molecular weight is 513 g/mol. The molecule has 39 heavy (non-hydrogen) atoms. The van der Waals surface area contributed by atoms with Gasteiger partial charge in [0.1, 0.15) is 5.82 Å². The number of aliphatic imine (C=N–C) groups is 1. The second-order valence-electron chi connectivity index (χ2n) is 9.63. The van der Waals surface area contributed by atoms with Gasteiger partial charge in [0, 0.05) is 24.9 Å². The lowest BCUT2D eigenvalue weighted by atomic mass is 9.98. The Bertz CT molecular complexity index is 1670. The third kappa shape index (κ3) is 5.25. The van der Waals surface area contributed by atoms with Crippen LogP contribution in [0.15, 0.2) is 83.9 Å². The maximum atomic E-state index is 13.0. The molecule has 0 spiro atoms. The summed E-state index contributed by atoms with van der Waals surface area (Å²) in [7, 11) is 0. The van der Waals surface area contributed by atoms with Gasteiger partial charge in [0.25, 0.3) is 5.91 Å². The minimum absolute atomic E-state index is 0.301. The number of allylic oxidation sites excluding steroid dienone is 2. The molecule has 1 aliphatic rings. The first-order valence-corrected chi connectivity index (χ1v) is 13.0. The fraction of sp³-hybridized carbons (Fsp3) is 0.182. The van der Waals surface area contributed by atoms with Gasteiger partial charge in [-0.3, -0.25) is 9.59 Å². The molecule has 0 unspecified atom stereocenters. The molecule has 3 aromatic carbocycles. The highest BCUT2D eigenvalue weighted by Crippen LogP contribution is 2.29. The maximum Gasteiger partial charge on any atom is 0.277 e. The van der Waals surface area contributed by atoms with E-state index in [9.17, 15) is 14.9 Å². The summed E-state index contributed by atoms with van der Waals surface area (Å²) < 4.78 is 2.24. The van der Waals surface area contributed by atoms with Gasteiger partial charge in [-0.15, -0.1) is 0 Å². The molecule has 6 heteroatoms. The van der Waals surface area contributed by atoms with E-state index in [4.69, 9.17) is 4.98 Å². The average Bonchev–Trinajstić information content (AvgIpc) is 3.30. The molecule has 0 N–H and O–H groups in total. The Kier molecular flexibility index (Phi) is 7.42. The second kappa shape index (κ2) is 11.2. The summed E-state index contributed by atoms with van der Waals surface area (Å²) in [4.78, 5) is 33.8. The van der Waals surface area contributed by atoms with E-state index in [-0.39, 0.29) is 0 Å². The summed E-state index contributed by atoms with van der Waals surface area (Å²) in [5.41, 5.74) is 7.91. The number of carbonyl (C=O) groups excluding carboxylic acids is 2. The van der Waals surface area contributed by atoms with Gasteiger partial charge >= 0.3 is 0 Å². The van der Waals surface area contributed by atoms with Crippen LogP contribution in [0.1, 0.15) is 69.3 Å². The molecule has 1 aromatic heterocycles. The Morgan fingerprint density at radius 2 is 1.82 bits per heavy atom. The van der Waals surface area contributed by atoms with Gasteiger partial charge < -0.3 is 4.57 Å². The Labute approximate surface area is 228 Å². The number of carbonyl (C=O) groups is 2. The molecule has 1 aliphatic carbocycles. The molecule has 1 amide bonds. The number of amides is 1. The Hall–Kier alpha value is -4.89. The Balaban J connectivity index is 1.47. The summed E-state index contributed by atoms with van der Waals surface area (Å²) in [6.07, 6.45) is 4.88. The summed E-state index contributed by atoms with van der Waals surface area (Å²) in [5, 5.41) is 9.48. The molecule has 5 rings (SSSR count). The quantitative estimate of drug-likeness (QED) is 0.265. The highest BCUT2D eigenvalue weighted by atomic mass is 16.1. The van der Waals surface area contributed by atoms with E-state index in [1.165, 1.54) is 0 Å². The van der Waals surface area contributed by atoms with Crippen LogP contribution in [0.3, 0.4) is 0 Å². The number of aromatic nitrogens is 2. The molecule has 6 nitrogen and oxygen atoms in total. The molecule has 0 fully saturated rings. The molecule has 0 radical (unpaired) electrons. The van der Waals surface area contributed by atoms with Gasteiger partial charge in [0.15, 0.2) is 6.29 Å². The predicted octanol–water partition coefficient (Wildman–Crippen LogP) is 6.48. The van der Waals surface area contributed by atoms with Crippen LogP contribution in [-0.4, -0.2) is 27.5 Å². The molecule has 0 aliphatic heterocycles. The highest BCUT2D eigenvalue weighted by molar-refractivity contribution is 6.13. The number of aldehydes is 1. The number of hydrogen-bond donors (Lipinski definition) is 0. The molecule has 0 bridgehead atoms. The van der Waals surface area contributed by atoms with Crippen molar-refractivity contribution in [3.05, 3.63) is 118 Å². The topological polar surface area (TPSA) is 88.1 Å². The first-order chi connectivity index (χ1) is 19.0. The SMILES string of the molecule is CCCc1nc2c(n1Cc1ccc(-c3ccccc3C#N)cc1)CC(=NC(=O)c1ccccc1C=O)C=C2C.